The van der Waals surface area contributed by atoms with Crippen molar-refractivity contribution in [3.63, 3.8) is 0 Å². The molecule has 1 aliphatic heterocycles. The van der Waals surface area contributed by atoms with Gasteiger partial charge in [0, 0.05) is 19.2 Å². The number of carbonyl (C=O) groups is 1. The zero-order valence-corrected chi connectivity index (χ0v) is 15.8. The van der Waals surface area contributed by atoms with Crippen LogP contribution in [-0.2, 0) is 11.3 Å². The average Bonchev–Trinajstić information content (AvgIpc) is 3.18. The first-order chi connectivity index (χ1) is 13.0. The van der Waals surface area contributed by atoms with Crippen molar-refractivity contribution in [1.82, 2.24) is 10.2 Å². The molecule has 3 rings (SSSR count). The monoisotopic (exact) mass is 392 g/mol. The van der Waals surface area contributed by atoms with Crippen LogP contribution in [0.1, 0.15) is 23.0 Å². The van der Waals surface area contributed by atoms with Gasteiger partial charge in [0.1, 0.15) is 30.0 Å². The highest BCUT2D eigenvalue weighted by molar-refractivity contribution is 7.80. The van der Waals surface area contributed by atoms with E-state index in [2.05, 4.69) is 5.32 Å². The largest absolute Gasteiger partial charge is 0.491 e. The number of ether oxygens (including phenoxy) is 2. The molecule has 0 aliphatic carbocycles. The number of thiocarbonyl (C=S) groups is 1. The van der Waals surface area contributed by atoms with E-state index in [0.717, 1.165) is 5.76 Å². The molecule has 1 aromatic carbocycles. The minimum atomic E-state index is -0.588. The molecule has 1 atom stereocenters. The molecule has 2 aromatic rings. The lowest BCUT2D eigenvalue weighted by Crippen LogP contribution is -2.50. The summed E-state index contributed by atoms with van der Waals surface area (Å²) < 4.78 is 30.5. The Labute approximate surface area is 162 Å². The summed E-state index contributed by atoms with van der Waals surface area (Å²) >= 11 is 5.43. The van der Waals surface area contributed by atoms with Crippen LogP contribution < -0.4 is 10.1 Å². The molecule has 6 nitrogen and oxygen atoms in total. The fourth-order valence-corrected chi connectivity index (χ4v) is 2.99. The molecule has 1 N–H and O–H groups in total. The SMILES string of the molecule is CC(=O)c1ccc(OCC2CN(C(=S)NCc3ccco3)CCO2)cc1F. The molecule has 1 aliphatic rings. The van der Waals surface area contributed by atoms with E-state index >= 15 is 0 Å². The van der Waals surface area contributed by atoms with E-state index < -0.39 is 5.82 Å². The summed E-state index contributed by atoms with van der Waals surface area (Å²) in [6.07, 6.45) is 1.42. The number of carbonyl (C=O) groups excluding carboxylic acids is 1. The molecule has 8 heteroatoms. The van der Waals surface area contributed by atoms with Crippen LogP contribution in [0.4, 0.5) is 4.39 Å². The highest BCUT2D eigenvalue weighted by atomic mass is 32.1. The Morgan fingerprint density at radius 1 is 1.44 bits per heavy atom. The van der Waals surface area contributed by atoms with Crippen molar-refractivity contribution in [2.45, 2.75) is 19.6 Å². The van der Waals surface area contributed by atoms with E-state index in [9.17, 15) is 9.18 Å². The number of rotatable bonds is 6. The van der Waals surface area contributed by atoms with Gasteiger partial charge in [0.05, 0.1) is 25.0 Å². The summed E-state index contributed by atoms with van der Waals surface area (Å²) in [7, 11) is 0. The number of hydrogen-bond acceptors (Lipinski definition) is 5. The third-order valence-electron chi connectivity index (χ3n) is 4.18. The minimum Gasteiger partial charge on any atom is -0.491 e. The van der Waals surface area contributed by atoms with E-state index in [0.29, 0.717) is 37.1 Å². The summed E-state index contributed by atoms with van der Waals surface area (Å²) in [4.78, 5) is 13.3. The van der Waals surface area contributed by atoms with Crippen molar-refractivity contribution in [3.8, 4) is 5.75 Å². The second kappa shape index (κ2) is 8.96. The molecule has 1 unspecified atom stereocenters. The number of nitrogens with zero attached hydrogens (tertiary/aromatic N) is 1. The molecule has 0 saturated carbocycles. The van der Waals surface area contributed by atoms with Crippen molar-refractivity contribution >= 4 is 23.1 Å². The fraction of sp³-hybridized carbons (Fsp3) is 0.368. The van der Waals surface area contributed by atoms with Crippen LogP contribution in [0.15, 0.2) is 41.0 Å². The summed E-state index contributed by atoms with van der Waals surface area (Å²) in [5.74, 6) is 0.258. The van der Waals surface area contributed by atoms with Crippen LogP contribution in [0.25, 0.3) is 0 Å². The van der Waals surface area contributed by atoms with Gasteiger partial charge in [0.15, 0.2) is 10.9 Å². The smallest absolute Gasteiger partial charge is 0.169 e. The van der Waals surface area contributed by atoms with Crippen LogP contribution in [-0.4, -0.2) is 48.2 Å². The summed E-state index contributed by atoms with van der Waals surface area (Å²) in [5, 5.41) is 3.78. The van der Waals surface area contributed by atoms with Crippen LogP contribution in [0.3, 0.4) is 0 Å². The predicted octanol–water partition coefficient (Wildman–Crippen LogP) is 2.78. The first kappa shape index (κ1) is 19.3. The van der Waals surface area contributed by atoms with Crippen LogP contribution >= 0.6 is 12.2 Å². The van der Waals surface area contributed by atoms with Crippen molar-refractivity contribution < 1.29 is 23.1 Å². The van der Waals surface area contributed by atoms with Gasteiger partial charge in [-0.15, -0.1) is 0 Å². The highest BCUT2D eigenvalue weighted by Crippen LogP contribution is 2.18. The molecule has 0 spiro atoms. The van der Waals surface area contributed by atoms with E-state index in [1.54, 1.807) is 12.3 Å². The van der Waals surface area contributed by atoms with Crippen LogP contribution in [0, 0.1) is 5.82 Å². The first-order valence-electron chi connectivity index (χ1n) is 8.63. The predicted molar refractivity (Wildman–Crippen MR) is 101 cm³/mol. The molecular weight excluding hydrogens is 371 g/mol. The Hall–Kier alpha value is -2.45. The van der Waals surface area contributed by atoms with E-state index in [1.807, 2.05) is 17.0 Å². The molecule has 0 radical (unpaired) electrons. The average molecular weight is 392 g/mol. The number of benzene rings is 1. The second-order valence-corrected chi connectivity index (χ2v) is 6.57. The van der Waals surface area contributed by atoms with E-state index in [4.69, 9.17) is 26.1 Å². The third-order valence-corrected chi connectivity index (χ3v) is 4.58. The Morgan fingerprint density at radius 2 is 2.30 bits per heavy atom. The maximum atomic E-state index is 13.9. The van der Waals surface area contributed by atoms with Crippen molar-refractivity contribution in [1.29, 1.82) is 0 Å². The number of nitrogens with one attached hydrogen (secondary N) is 1. The Balaban J connectivity index is 1.48. The molecular formula is C19H21FN2O4S. The van der Waals surface area contributed by atoms with Gasteiger partial charge >= 0.3 is 0 Å². The molecule has 2 heterocycles. The Morgan fingerprint density at radius 3 is 3.00 bits per heavy atom. The van der Waals surface area contributed by atoms with E-state index in [1.165, 1.54) is 19.1 Å². The topological polar surface area (TPSA) is 63.9 Å². The molecule has 144 valence electrons. The number of hydrogen-bond donors (Lipinski definition) is 1. The molecule has 1 fully saturated rings. The fourth-order valence-electron chi connectivity index (χ4n) is 2.75. The van der Waals surface area contributed by atoms with Crippen LogP contribution in [0.2, 0.25) is 0 Å². The number of furan rings is 1. The number of halogens is 1. The van der Waals surface area contributed by atoms with Gasteiger partial charge in [-0.25, -0.2) is 4.39 Å². The lowest BCUT2D eigenvalue weighted by atomic mass is 10.1. The third kappa shape index (κ3) is 5.27. The first-order valence-corrected chi connectivity index (χ1v) is 9.04. The summed E-state index contributed by atoms with van der Waals surface area (Å²) in [6.45, 7) is 3.88. The van der Waals surface area contributed by atoms with Crippen molar-refractivity contribution in [3.05, 3.63) is 53.7 Å². The molecule has 0 amide bonds. The Bertz CT molecular complexity index is 797. The lowest BCUT2D eigenvalue weighted by molar-refractivity contribution is -0.0288. The van der Waals surface area contributed by atoms with Gasteiger partial charge in [-0.05, 0) is 43.4 Å². The number of Topliss-reactive ketones (excluding diaryl/α,β-unsaturated/α-hetero) is 1. The Kier molecular flexibility index (Phi) is 6.41. The van der Waals surface area contributed by atoms with Gasteiger partial charge in [0.25, 0.3) is 0 Å². The minimum absolute atomic E-state index is 0.0513. The van der Waals surface area contributed by atoms with Crippen LogP contribution in [0.5, 0.6) is 5.75 Å². The van der Waals surface area contributed by atoms with Crippen molar-refractivity contribution in [2.24, 2.45) is 0 Å². The van der Waals surface area contributed by atoms with Gasteiger partial charge < -0.3 is 24.1 Å². The maximum absolute atomic E-state index is 13.9. The zero-order valence-electron chi connectivity index (χ0n) is 14.9. The van der Waals surface area contributed by atoms with Gasteiger partial charge in [-0.3, -0.25) is 4.79 Å². The molecule has 27 heavy (non-hydrogen) atoms. The summed E-state index contributed by atoms with van der Waals surface area (Å²) in [6, 6.07) is 7.92. The van der Waals surface area contributed by atoms with Gasteiger partial charge in [0.2, 0.25) is 0 Å². The quantitative estimate of drug-likeness (QED) is 0.599. The van der Waals surface area contributed by atoms with Gasteiger partial charge in [-0.1, -0.05) is 0 Å². The molecule has 1 saturated heterocycles. The number of morpholine rings is 1. The van der Waals surface area contributed by atoms with E-state index in [-0.39, 0.29) is 24.1 Å². The lowest BCUT2D eigenvalue weighted by Gasteiger charge is -2.34. The highest BCUT2D eigenvalue weighted by Gasteiger charge is 2.23. The molecule has 0 bridgehead atoms. The molecule has 1 aromatic heterocycles. The number of ketones is 1. The zero-order chi connectivity index (χ0) is 19.2. The maximum Gasteiger partial charge on any atom is 0.169 e. The standard InChI is InChI=1S/C19H21FN2O4S/c1-13(23)17-5-4-14(9-18(17)20)26-12-16-11-22(6-8-25-16)19(27)21-10-15-3-2-7-24-15/h2-5,7,9,16H,6,8,10-12H2,1H3,(H,21,27). The summed E-state index contributed by atoms with van der Waals surface area (Å²) in [5.41, 5.74) is 0.0513. The van der Waals surface area contributed by atoms with Gasteiger partial charge in [-0.2, -0.15) is 0 Å². The second-order valence-electron chi connectivity index (χ2n) is 6.19. The normalized spacial score (nSPS) is 16.8. The van der Waals surface area contributed by atoms with Crippen molar-refractivity contribution in [2.75, 3.05) is 26.3 Å².